The smallest absolute Gasteiger partial charge is 0.343 e. The number of rotatable bonds is 6. The van der Waals surface area contributed by atoms with Crippen molar-refractivity contribution in [2.45, 2.75) is 18.7 Å². The molecule has 2 aromatic rings. The second-order valence-corrected chi connectivity index (χ2v) is 9.03. The molecule has 8 nitrogen and oxygen atoms in total. The van der Waals surface area contributed by atoms with E-state index in [1.165, 1.54) is 28.6 Å². The Bertz CT molecular complexity index is 1140. The molecule has 2 aromatic carbocycles. The number of hydrogen-bond acceptors (Lipinski definition) is 7. The van der Waals surface area contributed by atoms with Crippen LogP contribution in [0.4, 0.5) is 0 Å². The zero-order valence-electron chi connectivity index (χ0n) is 17.1. The van der Waals surface area contributed by atoms with Gasteiger partial charge in [-0.1, -0.05) is 17.7 Å². The van der Waals surface area contributed by atoms with Crippen molar-refractivity contribution in [3.05, 3.63) is 52.0 Å². The molecule has 0 bridgehead atoms. The van der Waals surface area contributed by atoms with Crippen molar-refractivity contribution in [2.24, 2.45) is 0 Å². The van der Waals surface area contributed by atoms with Crippen LogP contribution in [0, 0.1) is 18.3 Å². The molecule has 0 spiro atoms. The molecule has 3 rings (SSSR count). The summed E-state index contributed by atoms with van der Waals surface area (Å²) in [6, 6.07) is 9.05. The van der Waals surface area contributed by atoms with Crippen molar-refractivity contribution in [3.8, 4) is 17.6 Å². The third-order valence-electron chi connectivity index (χ3n) is 4.64. The molecule has 0 N–H and O–H groups in total. The Kier molecular flexibility index (Phi) is 7.18. The number of benzene rings is 2. The molecule has 0 saturated carbocycles. The zero-order valence-corrected chi connectivity index (χ0v) is 18.6. The van der Waals surface area contributed by atoms with Crippen molar-refractivity contribution in [3.63, 3.8) is 0 Å². The van der Waals surface area contributed by atoms with Crippen LogP contribution in [0.1, 0.15) is 28.4 Å². The van der Waals surface area contributed by atoms with E-state index >= 15 is 0 Å². The first kappa shape index (κ1) is 23.0. The van der Waals surface area contributed by atoms with Crippen LogP contribution in [0.2, 0.25) is 5.02 Å². The normalized spacial score (nSPS) is 14.6. The largest absolute Gasteiger partial charge is 0.490 e. The second-order valence-electron chi connectivity index (χ2n) is 6.72. The maximum atomic E-state index is 13.1. The van der Waals surface area contributed by atoms with Crippen LogP contribution in [0.3, 0.4) is 0 Å². The highest BCUT2D eigenvalue weighted by Gasteiger charge is 2.29. The predicted molar refractivity (Wildman–Crippen MR) is 113 cm³/mol. The van der Waals surface area contributed by atoms with E-state index in [1.807, 2.05) is 6.07 Å². The highest BCUT2D eigenvalue weighted by atomic mass is 35.5. The minimum atomic E-state index is -3.80. The summed E-state index contributed by atoms with van der Waals surface area (Å²) < 4.78 is 43.5. The first-order valence-corrected chi connectivity index (χ1v) is 11.4. The fourth-order valence-electron chi connectivity index (χ4n) is 3.08. The van der Waals surface area contributed by atoms with Gasteiger partial charge in [-0.05, 0) is 37.6 Å². The third-order valence-corrected chi connectivity index (χ3v) is 6.97. The SMILES string of the molecule is CCOc1cc(C#N)cc(Cl)c1OC(=O)c1ccc(C)c(S(=O)(=O)N2CCOCC2)c1. The van der Waals surface area contributed by atoms with Gasteiger partial charge in [-0.3, -0.25) is 0 Å². The van der Waals surface area contributed by atoms with Crippen molar-refractivity contribution in [1.29, 1.82) is 5.26 Å². The summed E-state index contributed by atoms with van der Waals surface area (Å²) in [5, 5.41) is 9.14. The average Bonchev–Trinajstić information content (AvgIpc) is 2.76. The van der Waals surface area contributed by atoms with Crippen molar-refractivity contribution in [2.75, 3.05) is 32.9 Å². The van der Waals surface area contributed by atoms with Gasteiger partial charge >= 0.3 is 5.97 Å². The first-order chi connectivity index (χ1) is 14.8. The molecule has 10 heteroatoms. The molecule has 164 valence electrons. The minimum Gasteiger partial charge on any atom is -0.490 e. The van der Waals surface area contributed by atoms with Crippen LogP contribution in [-0.2, 0) is 14.8 Å². The summed E-state index contributed by atoms with van der Waals surface area (Å²) in [6.45, 7) is 4.79. The van der Waals surface area contributed by atoms with E-state index in [1.54, 1.807) is 19.9 Å². The van der Waals surface area contributed by atoms with Crippen LogP contribution in [0.15, 0.2) is 35.2 Å². The van der Waals surface area contributed by atoms with Crippen LogP contribution in [0.25, 0.3) is 0 Å². The van der Waals surface area contributed by atoms with Gasteiger partial charge in [0, 0.05) is 19.2 Å². The Hall–Kier alpha value is -2.64. The van der Waals surface area contributed by atoms with Gasteiger partial charge in [0.15, 0.2) is 11.5 Å². The highest BCUT2D eigenvalue weighted by molar-refractivity contribution is 7.89. The molecule has 0 unspecified atom stereocenters. The van der Waals surface area contributed by atoms with Crippen LogP contribution >= 0.6 is 11.6 Å². The molecule has 1 aliphatic rings. The fraction of sp³-hybridized carbons (Fsp3) is 0.333. The first-order valence-electron chi connectivity index (χ1n) is 9.55. The molecule has 31 heavy (non-hydrogen) atoms. The van der Waals surface area contributed by atoms with Gasteiger partial charge in [0.1, 0.15) is 0 Å². The molecule has 0 aliphatic carbocycles. The molecule has 0 radical (unpaired) electrons. The summed E-state index contributed by atoms with van der Waals surface area (Å²) >= 11 is 6.19. The molecule has 1 aliphatic heterocycles. The number of morpholine rings is 1. The summed E-state index contributed by atoms with van der Waals surface area (Å²) in [4.78, 5) is 12.8. The van der Waals surface area contributed by atoms with Gasteiger partial charge in [0.2, 0.25) is 10.0 Å². The number of sulfonamides is 1. The maximum Gasteiger partial charge on any atom is 0.343 e. The molecule has 0 amide bonds. The van der Waals surface area contributed by atoms with Crippen LogP contribution in [-0.4, -0.2) is 51.6 Å². The quantitative estimate of drug-likeness (QED) is 0.477. The van der Waals surface area contributed by atoms with Gasteiger partial charge in [-0.15, -0.1) is 0 Å². The van der Waals surface area contributed by atoms with E-state index in [0.717, 1.165) is 0 Å². The molecule has 1 fully saturated rings. The Labute approximate surface area is 185 Å². The Balaban J connectivity index is 1.94. The van der Waals surface area contributed by atoms with Gasteiger partial charge in [-0.25, -0.2) is 13.2 Å². The summed E-state index contributed by atoms with van der Waals surface area (Å²) in [5.41, 5.74) is 0.803. The maximum absolute atomic E-state index is 13.1. The summed E-state index contributed by atoms with van der Waals surface area (Å²) in [6.07, 6.45) is 0. The summed E-state index contributed by atoms with van der Waals surface area (Å²) in [5.74, 6) is -0.690. The Morgan fingerprint density at radius 1 is 1.26 bits per heavy atom. The summed E-state index contributed by atoms with van der Waals surface area (Å²) in [7, 11) is -3.80. The van der Waals surface area contributed by atoms with E-state index < -0.39 is 16.0 Å². The van der Waals surface area contributed by atoms with Gasteiger partial charge in [0.25, 0.3) is 0 Å². The van der Waals surface area contributed by atoms with Gasteiger partial charge < -0.3 is 14.2 Å². The minimum absolute atomic E-state index is 0.0276. The Morgan fingerprint density at radius 2 is 1.97 bits per heavy atom. The number of nitrogens with zero attached hydrogens (tertiary/aromatic N) is 2. The lowest BCUT2D eigenvalue weighted by molar-refractivity contribution is 0.0724. The van der Waals surface area contributed by atoms with Crippen molar-refractivity contribution >= 4 is 27.6 Å². The number of halogens is 1. The van der Waals surface area contributed by atoms with E-state index in [2.05, 4.69) is 0 Å². The van der Waals surface area contributed by atoms with E-state index in [4.69, 9.17) is 31.1 Å². The monoisotopic (exact) mass is 464 g/mol. The van der Waals surface area contributed by atoms with Gasteiger partial charge in [0.05, 0.1) is 46.9 Å². The van der Waals surface area contributed by atoms with Crippen LogP contribution in [0.5, 0.6) is 11.5 Å². The molecule has 0 aromatic heterocycles. The van der Waals surface area contributed by atoms with Crippen molar-refractivity contribution in [1.82, 2.24) is 4.31 Å². The number of esters is 1. The second kappa shape index (κ2) is 9.66. The number of carbonyl (C=O) groups is 1. The Morgan fingerprint density at radius 3 is 2.61 bits per heavy atom. The lowest BCUT2D eigenvalue weighted by Gasteiger charge is -2.26. The lowest BCUT2D eigenvalue weighted by Crippen LogP contribution is -2.40. The topological polar surface area (TPSA) is 106 Å². The molecule has 1 heterocycles. The molecular weight excluding hydrogens is 444 g/mol. The third kappa shape index (κ3) is 4.99. The molecule has 1 saturated heterocycles. The van der Waals surface area contributed by atoms with E-state index in [0.29, 0.717) is 18.8 Å². The fourth-order valence-corrected chi connectivity index (χ4v) is 4.99. The van der Waals surface area contributed by atoms with Crippen LogP contribution < -0.4 is 9.47 Å². The number of aryl methyl sites for hydroxylation is 1. The molecular formula is C21H21ClN2O6S. The van der Waals surface area contributed by atoms with Gasteiger partial charge in [-0.2, -0.15) is 9.57 Å². The highest BCUT2D eigenvalue weighted by Crippen LogP contribution is 2.37. The van der Waals surface area contributed by atoms with E-state index in [9.17, 15) is 13.2 Å². The number of ether oxygens (including phenoxy) is 3. The standard InChI is InChI=1S/C21H21ClN2O6S/c1-3-29-18-11-15(13-23)10-17(22)20(18)30-21(25)16-5-4-14(2)19(12-16)31(26,27)24-6-8-28-9-7-24/h4-5,10-12H,3,6-9H2,1-2H3. The lowest BCUT2D eigenvalue weighted by atomic mass is 10.1. The number of nitriles is 1. The zero-order chi connectivity index (χ0) is 22.6. The molecule has 0 atom stereocenters. The van der Waals surface area contributed by atoms with E-state index in [-0.39, 0.29) is 52.2 Å². The predicted octanol–water partition coefficient (Wildman–Crippen LogP) is 3.16. The average molecular weight is 465 g/mol. The van der Waals surface area contributed by atoms with Crippen molar-refractivity contribution < 1.29 is 27.4 Å². The number of carbonyl (C=O) groups excluding carboxylic acids is 1. The number of hydrogen-bond donors (Lipinski definition) is 0.